The van der Waals surface area contributed by atoms with E-state index in [0.29, 0.717) is 34.1 Å². The molecule has 0 aromatic heterocycles. The lowest BCUT2D eigenvalue weighted by Crippen LogP contribution is -2.29. The Balaban J connectivity index is 1.88. The van der Waals surface area contributed by atoms with Crippen molar-refractivity contribution in [3.63, 3.8) is 0 Å². The molecule has 1 unspecified atom stereocenters. The number of amides is 1. The second-order valence-electron chi connectivity index (χ2n) is 7.76. The molecule has 0 saturated carbocycles. The van der Waals surface area contributed by atoms with Crippen LogP contribution >= 0.6 is 0 Å². The van der Waals surface area contributed by atoms with Crippen molar-refractivity contribution in [2.24, 2.45) is 0 Å². The monoisotopic (exact) mass is 473 g/mol. The third-order valence-corrected chi connectivity index (χ3v) is 5.60. The Bertz CT molecular complexity index is 1310. The van der Waals surface area contributed by atoms with Gasteiger partial charge in [-0.25, -0.2) is 0 Å². The summed E-state index contributed by atoms with van der Waals surface area (Å²) in [6.45, 7) is 1.29. The summed E-state index contributed by atoms with van der Waals surface area (Å²) in [5, 5.41) is 11.2. The second-order valence-corrected chi connectivity index (χ2v) is 7.76. The number of ether oxygens (including phenoxy) is 3. The topological polar surface area (TPSA) is 102 Å². The number of nitrogens with zero attached hydrogens (tertiary/aromatic N) is 1. The molecule has 0 spiro atoms. The molecule has 178 valence electrons. The molecule has 4 rings (SSSR count). The van der Waals surface area contributed by atoms with Crippen LogP contribution < -0.4 is 19.1 Å². The van der Waals surface area contributed by atoms with Crippen LogP contribution in [0.1, 0.15) is 24.1 Å². The van der Waals surface area contributed by atoms with Gasteiger partial charge in [-0.15, -0.1) is 0 Å². The maximum Gasteiger partial charge on any atom is 0.308 e. The molecule has 3 aromatic rings. The molecule has 1 atom stereocenters. The molecule has 3 aromatic carbocycles. The van der Waals surface area contributed by atoms with Crippen LogP contribution in [-0.4, -0.2) is 37.0 Å². The fraction of sp³-hybridized carbons (Fsp3) is 0.148. The van der Waals surface area contributed by atoms with Crippen molar-refractivity contribution in [1.82, 2.24) is 0 Å². The number of carbonyl (C=O) groups excluding carboxylic acids is 3. The molecular formula is C27H23NO7. The van der Waals surface area contributed by atoms with Gasteiger partial charge in [0.1, 0.15) is 23.0 Å². The van der Waals surface area contributed by atoms with Gasteiger partial charge in [0.2, 0.25) is 0 Å². The predicted octanol–water partition coefficient (Wildman–Crippen LogP) is 4.26. The van der Waals surface area contributed by atoms with Gasteiger partial charge in [-0.1, -0.05) is 18.2 Å². The van der Waals surface area contributed by atoms with Crippen molar-refractivity contribution in [3.8, 4) is 17.2 Å². The van der Waals surface area contributed by atoms with Gasteiger partial charge in [-0.05, 0) is 54.1 Å². The third kappa shape index (κ3) is 4.59. The number of benzene rings is 3. The summed E-state index contributed by atoms with van der Waals surface area (Å²) >= 11 is 0. The molecule has 1 aliphatic rings. The summed E-state index contributed by atoms with van der Waals surface area (Å²) in [6, 6.07) is 18.7. The highest BCUT2D eigenvalue weighted by Crippen LogP contribution is 2.43. The van der Waals surface area contributed by atoms with Crippen molar-refractivity contribution in [3.05, 3.63) is 89.5 Å². The number of hydrogen-bond donors (Lipinski definition) is 1. The van der Waals surface area contributed by atoms with E-state index in [4.69, 9.17) is 14.2 Å². The van der Waals surface area contributed by atoms with Crippen molar-refractivity contribution < 1.29 is 33.7 Å². The molecular weight excluding hydrogens is 450 g/mol. The zero-order valence-corrected chi connectivity index (χ0v) is 19.3. The van der Waals surface area contributed by atoms with Crippen molar-refractivity contribution in [1.29, 1.82) is 0 Å². The normalized spacial score (nSPS) is 16.8. The average Bonchev–Trinajstić information content (AvgIpc) is 3.14. The fourth-order valence-corrected chi connectivity index (χ4v) is 3.96. The number of methoxy groups -OCH3 is 2. The van der Waals surface area contributed by atoms with E-state index < -0.39 is 23.7 Å². The molecule has 1 heterocycles. The number of ketones is 1. The molecule has 1 fully saturated rings. The Labute approximate surface area is 202 Å². The molecule has 1 N–H and O–H groups in total. The Morgan fingerprint density at radius 1 is 0.857 bits per heavy atom. The maximum absolute atomic E-state index is 13.2. The van der Waals surface area contributed by atoms with Crippen molar-refractivity contribution in [2.75, 3.05) is 19.1 Å². The highest BCUT2D eigenvalue weighted by atomic mass is 16.5. The molecule has 1 aliphatic heterocycles. The molecule has 35 heavy (non-hydrogen) atoms. The number of esters is 1. The van der Waals surface area contributed by atoms with Gasteiger partial charge in [0, 0.05) is 24.2 Å². The quantitative estimate of drug-likeness (QED) is 0.188. The summed E-state index contributed by atoms with van der Waals surface area (Å²) in [4.78, 5) is 39.1. The van der Waals surface area contributed by atoms with Crippen LogP contribution in [0.2, 0.25) is 0 Å². The summed E-state index contributed by atoms with van der Waals surface area (Å²) in [5.41, 5.74) is 1.26. The van der Waals surface area contributed by atoms with Crippen LogP contribution in [0.5, 0.6) is 17.2 Å². The van der Waals surface area contributed by atoms with Gasteiger partial charge in [0.25, 0.3) is 11.7 Å². The number of hydrogen-bond acceptors (Lipinski definition) is 7. The molecule has 8 heteroatoms. The van der Waals surface area contributed by atoms with E-state index >= 15 is 0 Å². The maximum atomic E-state index is 13.2. The number of aliphatic hydroxyl groups is 1. The number of rotatable bonds is 6. The van der Waals surface area contributed by atoms with E-state index in [1.807, 2.05) is 0 Å². The van der Waals surface area contributed by atoms with Crippen molar-refractivity contribution >= 4 is 29.1 Å². The van der Waals surface area contributed by atoms with Gasteiger partial charge in [-0.3, -0.25) is 19.3 Å². The zero-order chi connectivity index (χ0) is 25.1. The Morgan fingerprint density at radius 2 is 1.49 bits per heavy atom. The van der Waals surface area contributed by atoms with Crippen LogP contribution in [0.3, 0.4) is 0 Å². The Morgan fingerprint density at radius 3 is 2.09 bits per heavy atom. The van der Waals surface area contributed by atoms with Crippen molar-refractivity contribution in [2.45, 2.75) is 13.0 Å². The van der Waals surface area contributed by atoms with E-state index in [1.165, 1.54) is 26.0 Å². The standard InChI is InChI=1S/C27H23NO7/c1-16(29)35-21-13-7-17(8-14-21)24-23(25(30)18-9-11-20(33-2)12-10-18)26(31)27(32)28(24)19-5-4-6-22(15-19)34-3/h4-15,24,30H,1-3H3/b25-23+. The second kappa shape index (κ2) is 9.72. The minimum Gasteiger partial charge on any atom is -0.507 e. The van der Waals surface area contributed by atoms with E-state index in [2.05, 4.69) is 0 Å². The lowest BCUT2D eigenvalue weighted by molar-refractivity contribution is -0.132. The van der Waals surface area contributed by atoms with Crippen LogP contribution in [-0.2, 0) is 14.4 Å². The summed E-state index contributed by atoms with van der Waals surface area (Å²) in [6.07, 6.45) is 0. The molecule has 8 nitrogen and oxygen atoms in total. The number of carbonyl (C=O) groups is 3. The van der Waals surface area contributed by atoms with Gasteiger partial charge >= 0.3 is 5.97 Å². The summed E-state index contributed by atoms with van der Waals surface area (Å²) in [7, 11) is 3.02. The van der Waals surface area contributed by atoms with Crippen LogP contribution in [0.4, 0.5) is 5.69 Å². The zero-order valence-electron chi connectivity index (χ0n) is 19.3. The smallest absolute Gasteiger partial charge is 0.308 e. The molecule has 0 aliphatic carbocycles. The van der Waals surface area contributed by atoms with Gasteiger partial charge < -0.3 is 19.3 Å². The first-order chi connectivity index (χ1) is 16.8. The SMILES string of the molecule is COc1ccc(/C(O)=C2\C(=O)C(=O)N(c3cccc(OC)c3)C2c2ccc(OC(C)=O)cc2)cc1. The molecule has 0 radical (unpaired) electrons. The Kier molecular flexibility index (Phi) is 6.55. The fourth-order valence-electron chi connectivity index (χ4n) is 3.96. The number of Topliss-reactive ketones (excluding diaryl/α,β-unsaturated/α-hetero) is 1. The largest absolute Gasteiger partial charge is 0.507 e. The van der Waals surface area contributed by atoms with Gasteiger partial charge in [0.15, 0.2) is 0 Å². The first-order valence-corrected chi connectivity index (χ1v) is 10.7. The van der Waals surface area contributed by atoms with Crippen LogP contribution in [0.15, 0.2) is 78.4 Å². The first-order valence-electron chi connectivity index (χ1n) is 10.7. The average molecular weight is 473 g/mol. The minimum absolute atomic E-state index is 0.0665. The highest BCUT2D eigenvalue weighted by molar-refractivity contribution is 6.51. The molecule has 1 saturated heterocycles. The summed E-state index contributed by atoms with van der Waals surface area (Å²) < 4.78 is 15.6. The highest BCUT2D eigenvalue weighted by Gasteiger charge is 2.47. The molecule has 0 bridgehead atoms. The van der Waals surface area contributed by atoms with Crippen LogP contribution in [0, 0.1) is 0 Å². The summed E-state index contributed by atoms with van der Waals surface area (Å²) in [5.74, 6) is -1.00. The van der Waals surface area contributed by atoms with Gasteiger partial charge in [-0.2, -0.15) is 0 Å². The lowest BCUT2D eigenvalue weighted by atomic mass is 9.95. The van der Waals surface area contributed by atoms with E-state index in [9.17, 15) is 19.5 Å². The number of anilines is 1. The van der Waals surface area contributed by atoms with E-state index in [0.717, 1.165) is 0 Å². The predicted molar refractivity (Wildman–Crippen MR) is 129 cm³/mol. The minimum atomic E-state index is -0.935. The van der Waals surface area contributed by atoms with Crippen LogP contribution in [0.25, 0.3) is 5.76 Å². The first kappa shape index (κ1) is 23.6. The third-order valence-electron chi connectivity index (χ3n) is 5.60. The number of aliphatic hydroxyl groups excluding tert-OH is 1. The molecule has 1 amide bonds. The Hall–Kier alpha value is -4.59. The van der Waals surface area contributed by atoms with Gasteiger partial charge in [0.05, 0.1) is 25.8 Å². The van der Waals surface area contributed by atoms with E-state index in [1.54, 1.807) is 72.8 Å². The lowest BCUT2D eigenvalue weighted by Gasteiger charge is -2.26. The van der Waals surface area contributed by atoms with E-state index in [-0.39, 0.29) is 11.3 Å².